The van der Waals surface area contributed by atoms with Crippen LogP contribution in [0.25, 0.3) is 0 Å². The van der Waals surface area contributed by atoms with Crippen molar-refractivity contribution in [3.8, 4) is 6.07 Å². The van der Waals surface area contributed by atoms with Gasteiger partial charge in [0.25, 0.3) is 0 Å². The smallest absolute Gasteiger partial charge is 0.248 e. The molecule has 2 fully saturated rings. The Morgan fingerprint density at radius 2 is 1.93 bits per heavy atom. The SMILES string of the molecule is C[C@H](COCC(=O)N1CC2CCC(C1)N2c1ccc(C#N)cn1)c1ccccc1. The van der Waals surface area contributed by atoms with Gasteiger partial charge in [0.1, 0.15) is 18.5 Å². The highest BCUT2D eigenvalue weighted by atomic mass is 16.5. The second kappa shape index (κ2) is 8.62. The molecule has 2 aliphatic heterocycles. The number of anilines is 1. The fraction of sp³-hybridized carbons (Fsp3) is 0.435. The number of nitriles is 1. The first-order chi connectivity index (χ1) is 14.2. The van der Waals surface area contributed by atoms with E-state index in [0.29, 0.717) is 25.3 Å². The summed E-state index contributed by atoms with van der Waals surface area (Å²) in [5, 5.41) is 8.96. The first-order valence-electron chi connectivity index (χ1n) is 10.2. The molecule has 2 aliphatic rings. The Morgan fingerprint density at radius 3 is 2.55 bits per heavy atom. The van der Waals surface area contributed by atoms with E-state index in [1.54, 1.807) is 12.3 Å². The minimum absolute atomic E-state index is 0.0644. The van der Waals surface area contributed by atoms with Crippen LogP contribution in [0.3, 0.4) is 0 Å². The van der Waals surface area contributed by atoms with Crippen LogP contribution in [0.15, 0.2) is 48.7 Å². The van der Waals surface area contributed by atoms with Gasteiger partial charge >= 0.3 is 0 Å². The maximum atomic E-state index is 12.7. The Morgan fingerprint density at radius 1 is 1.21 bits per heavy atom. The molecule has 1 amide bonds. The molecule has 2 bridgehead atoms. The van der Waals surface area contributed by atoms with Crippen LogP contribution in [-0.2, 0) is 9.53 Å². The van der Waals surface area contributed by atoms with Gasteiger partial charge in [-0.15, -0.1) is 0 Å². The first-order valence-corrected chi connectivity index (χ1v) is 10.2. The monoisotopic (exact) mass is 390 g/mol. The summed E-state index contributed by atoms with van der Waals surface area (Å²) in [6.45, 7) is 4.19. The van der Waals surface area contributed by atoms with E-state index in [0.717, 1.165) is 18.7 Å². The van der Waals surface area contributed by atoms with Crippen molar-refractivity contribution in [2.45, 2.75) is 37.8 Å². The lowest BCUT2D eigenvalue weighted by atomic mass is 10.0. The molecule has 29 heavy (non-hydrogen) atoms. The number of nitrogens with zero attached hydrogens (tertiary/aromatic N) is 4. The summed E-state index contributed by atoms with van der Waals surface area (Å²) < 4.78 is 5.74. The molecule has 4 rings (SSSR count). The maximum absolute atomic E-state index is 12.7. The number of likely N-dealkylation sites (tertiary alicyclic amines) is 1. The van der Waals surface area contributed by atoms with Crippen LogP contribution in [0.5, 0.6) is 0 Å². The molecule has 6 nitrogen and oxygen atoms in total. The van der Waals surface area contributed by atoms with E-state index in [1.165, 1.54) is 5.56 Å². The van der Waals surface area contributed by atoms with E-state index < -0.39 is 0 Å². The summed E-state index contributed by atoms with van der Waals surface area (Å²) in [6.07, 6.45) is 3.73. The Bertz CT molecular complexity index is 864. The molecule has 0 saturated carbocycles. The largest absolute Gasteiger partial charge is 0.371 e. The average molecular weight is 390 g/mol. The van der Waals surface area contributed by atoms with E-state index in [4.69, 9.17) is 10.00 Å². The number of carbonyl (C=O) groups excluding carboxylic acids is 1. The number of carbonyl (C=O) groups is 1. The molecule has 0 N–H and O–H groups in total. The van der Waals surface area contributed by atoms with Crippen LogP contribution >= 0.6 is 0 Å². The zero-order chi connectivity index (χ0) is 20.2. The Kier molecular flexibility index (Phi) is 5.77. The van der Waals surface area contributed by atoms with E-state index in [1.807, 2.05) is 29.2 Å². The fourth-order valence-corrected chi connectivity index (χ4v) is 4.38. The van der Waals surface area contributed by atoms with E-state index >= 15 is 0 Å². The van der Waals surface area contributed by atoms with Gasteiger partial charge in [0, 0.05) is 37.3 Å². The minimum atomic E-state index is 0.0644. The highest BCUT2D eigenvalue weighted by Crippen LogP contribution is 2.33. The van der Waals surface area contributed by atoms with E-state index in [-0.39, 0.29) is 30.5 Å². The molecule has 0 spiro atoms. The normalized spacial score (nSPS) is 21.7. The summed E-state index contributed by atoms with van der Waals surface area (Å²) in [6, 6.07) is 16.6. The standard InChI is InChI=1S/C23H26N4O2/c1-17(19-5-3-2-4-6-19)15-29-16-23(28)26-13-20-8-9-21(14-26)27(20)22-10-7-18(11-24)12-25-22/h2-7,10,12,17,20-21H,8-9,13-16H2,1H3/t17-,20?,21?/m1/s1. The van der Waals surface area contributed by atoms with Gasteiger partial charge in [-0.1, -0.05) is 37.3 Å². The van der Waals surface area contributed by atoms with Gasteiger partial charge in [0.15, 0.2) is 0 Å². The Hall–Kier alpha value is -2.91. The summed E-state index contributed by atoms with van der Waals surface area (Å²) in [5.74, 6) is 1.23. The average Bonchev–Trinajstić information content (AvgIpc) is 3.03. The second-order valence-electron chi connectivity index (χ2n) is 7.93. The van der Waals surface area contributed by atoms with Crippen LogP contribution in [0.1, 0.15) is 36.8 Å². The molecular weight excluding hydrogens is 364 g/mol. The van der Waals surface area contributed by atoms with Crippen molar-refractivity contribution in [3.63, 3.8) is 0 Å². The third-order valence-corrected chi connectivity index (χ3v) is 5.94. The van der Waals surface area contributed by atoms with Gasteiger partial charge in [-0.3, -0.25) is 4.79 Å². The molecule has 0 aliphatic carbocycles. The molecule has 1 aromatic heterocycles. The number of piperazine rings is 1. The second-order valence-corrected chi connectivity index (χ2v) is 7.93. The molecule has 6 heteroatoms. The number of aromatic nitrogens is 1. The van der Waals surface area contributed by atoms with Gasteiger partial charge in [0.05, 0.1) is 12.2 Å². The number of pyridine rings is 1. The molecule has 0 radical (unpaired) electrons. The van der Waals surface area contributed by atoms with Crippen molar-refractivity contribution in [1.29, 1.82) is 5.26 Å². The number of hydrogen-bond donors (Lipinski definition) is 0. The lowest BCUT2D eigenvalue weighted by molar-refractivity contribution is -0.137. The van der Waals surface area contributed by atoms with Crippen molar-refractivity contribution in [1.82, 2.24) is 9.88 Å². The van der Waals surface area contributed by atoms with Crippen molar-refractivity contribution >= 4 is 11.7 Å². The number of fused-ring (bicyclic) bond motifs is 2. The quantitative estimate of drug-likeness (QED) is 0.758. The van der Waals surface area contributed by atoms with Gasteiger partial charge in [-0.05, 0) is 30.5 Å². The molecule has 1 aromatic carbocycles. The van der Waals surface area contributed by atoms with Crippen molar-refractivity contribution in [2.75, 3.05) is 31.2 Å². The number of ether oxygens (including phenoxy) is 1. The van der Waals surface area contributed by atoms with Crippen LogP contribution in [0.4, 0.5) is 5.82 Å². The van der Waals surface area contributed by atoms with Crippen LogP contribution in [0, 0.1) is 11.3 Å². The number of amides is 1. The number of hydrogen-bond acceptors (Lipinski definition) is 5. The molecule has 150 valence electrons. The topological polar surface area (TPSA) is 69.5 Å². The minimum Gasteiger partial charge on any atom is -0.371 e. The van der Waals surface area contributed by atoms with Crippen LogP contribution in [0.2, 0.25) is 0 Å². The zero-order valence-corrected chi connectivity index (χ0v) is 16.7. The summed E-state index contributed by atoms with van der Waals surface area (Å²) in [7, 11) is 0. The molecule has 3 atom stereocenters. The highest BCUT2D eigenvalue weighted by Gasteiger charge is 2.41. The van der Waals surface area contributed by atoms with Gasteiger partial charge in [-0.2, -0.15) is 5.26 Å². The Labute approximate surface area is 171 Å². The fourth-order valence-electron chi connectivity index (χ4n) is 4.38. The van der Waals surface area contributed by atoms with Gasteiger partial charge < -0.3 is 14.5 Å². The van der Waals surface area contributed by atoms with Crippen molar-refractivity contribution < 1.29 is 9.53 Å². The molecular formula is C23H26N4O2. The predicted octanol–water partition coefficient (Wildman–Crippen LogP) is 2.95. The number of rotatable bonds is 6. The molecule has 2 aromatic rings. The van der Waals surface area contributed by atoms with E-state index in [9.17, 15) is 4.79 Å². The summed E-state index contributed by atoms with van der Waals surface area (Å²) in [4.78, 5) is 21.4. The maximum Gasteiger partial charge on any atom is 0.248 e. The van der Waals surface area contributed by atoms with Crippen molar-refractivity contribution in [3.05, 3.63) is 59.8 Å². The van der Waals surface area contributed by atoms with Crippen LogP contribution < -0.4 is 4.90 Å². The van der Waals surface area contributed by atoms with E-state index in [2.05, 4.69) is 35.0 Å². The first kappa shape index (κ1) is 19.4. The predicted molar refractivity (Wildman–Crippen MR) is 110 cm³/mol. The lowest BCUT2D eigenvalue weighted by Gasteiger charge is -2.41. The lowest BCUT2D eigenvalue weighted by Crippen LogP contribution is -2.56. The van der Waals surface area contributed by atoms with Crippen molar-refractivity contribution in [2.24, 2.45) is 0 Å². The van der Waals surface area contributed by atoms with Gasteiger partial charge in [-0.25, -0.2) is 4.98 Å². The molecule has 2 unspecified atom stereocenters. The summed E-state index contributed by atoms with van der Waals surface area (Å²) in [5.41, 5.74) is 1.79. The Balaban J connectivity index is 1.30. The highest BCUT2D eigenvalue weighted by molar-refractivity contribution is 5.78. The summed E-state index contributed by atoms with van der Waals surface area (Å²) >= 11 is 0. The molecule has 3 heterocycles. The number of benzene rings is 1. The molecule has 2 saturated heterocycles. The van der Waals surface area contributed by atoms with Gasteiger partial charge in [0.2, 0.25) is 5.91 Å². The third-order valence-electron chi connectivity index (χ3n) is 5.94. The third kappa shape index (κ3) is 4.25. The van der Waals surface area contributed by atoms with Crippen LogP contribution in [-0.4, -0.2) is 54.2 Å². The zero-order valence-electron chi connectivity index (χ0n) is 16.7.